The highest BCUT2D eigenvalue weighted by molar-refractivity contribution is 6.09. The van der Waals surface area contributed by atoms with Crippen LogP contribution in [0.4, 0.5) is 0 Å². The summed E-state index contributed by atoms with van der Waals surface area (Å²) < 4.78 is 3.01. The van der Waals surface area contributed by atoms with Crippen molar-refractivity contribution in [1.82, 2.24) is 24.3 Å². The lowest BCUT2D eigenvalue weighted by Crippen LogP contribution is -2.24. The lowest BCUT2D eigenvalue weighted by molar-refractivity contribution is 0.0971. The van der Waals surface area contributed by atoms with E-state index in [4.69, 9.17) is 0 Å². The van der Waals surface area contributed by atoms with Gasteiger partial charge in [0.2, 0.25) is 0 Å². The number of ketones is 1. The van der Waals surface area contributed by atoms with Gasteiger partial charge in [-0.3, -0.25) is 14.2 Å². The maximum atomic E-state index is 13.1. The zero-order valence-corrected chi connectivity index (χ0v) is 17.5. The first kappa shape index (κ1) is 19.0. The molecular formula is C24H21N5O2. The second-order valence-corrected chi connectivity index (χ2v) is 7.91. The number of aryl methyl sites for hydroxylation is 3. The summed E-state index contributed by atoms with van der Waals surface area (Å²) in [5, 5.41) is 5.62. The Balaban J connectivity index is 1.54. The number of nitrogens with one attached hydrogen (secondary N) is 1. The van der Waals surface area contributed by atoms with Crippen LogP contribution >= 0.6 is 0 Å². The maximum absolute atomic E-state index is 13.1. The van der Waals surface area contributed by atoms with E-state index in [-0.39, 0.29) is 17.9 Å². The first-order valence-electron chi connectivity index (χ1n) is 10.0. The molecule has 1 N–H and O–H groups in total. The van der Waals surface area contributed by atoms with Crippen molar-refractivity contribution in [3.63, 3.8) is 0 Å². The molecule has 154 valence electrons. The molecule has 3 heterocycles. The van der Waals surface area contributed by atoms with E-state index in [0.717, 1.165) is 33.4 Å². The van der Waals surface area contributed by atoms with Crippen molar-refractivity contribution in [2.45, 2.75) is 27.3 Å². The lowest BCUT2D eigenvalue weighted by atomic mass is 10.1. The molecule has 0 bridgehead atoms. The molecule has 0 spiro atoms. The van der Waals surface area contributed by atoms with E-state index in [1.165, 1.54) is 17.1 Å². The Kier molecular flexibility index (Phi) is 4.32. The number of H-pyrrole nitrogens is 1. The normalized spacial score (nSPS) is 11.5. The molecule has 0 saturated heterocycles. The Morgan fingerprint density at radius 2 is 1.77 bits per heavy atom. The van der Waals surface area contributed by atoms with E-state index in [1.54, 1.807) is 4.68 Å². The molecule has 7 heteroatoms. The molecule has 0 saturated carbocycles. The first-order chi connectivity index (χ1) is 14.9. The number of aromatic nitrogens is 5. The Labute approximate surface area is 178 Å². The summed E-state index contributed by atoms with van der Waals surface area (Å²) in [5.41, 5.74) is 5.54. The number of para-hydroxylation sites is 1. The minimum absolute atomic E-state index is 0.0841. The highest BCUT2D eigenvalue weighted by atomic mass is 16.1. The molecule has 2 aromatic carbocycles. The number of Topliss-reactive ketones (excluding diaryl/α,β-unsaturated/α-hetero) is 1. The van der Waals surface area contributed by atoms with Crippen LogP contribution in [0.3, 0.4) is 0 Å². The summed E-state index contributed by atoms with van der Waals surface area (Å²) in [7, 11) is 0. The van der Waals surface area contributed by atoms with Gasteiger partial charge in [-0.15, -0.1) is 0 Å². The first-order valence-corrected chi connectivity index (χ1v) is 10.0. The van der Waals surface area contributed by atoms with Gasteiger partial charge in [0.25, 0.3) is 5.56 Å². The Hall–Kier alpha value is -4.00. The molecule has 3 aromatic heterocycles. The van der Waals surface area contributed by atoms with Crippen molar-refractivity contribution < 1.29 is 4.79 Å². The van der Waals surface area contributed by atoms with Crippen molar-refractivity contribution in [2.75, 3.05) is 0 Å². The topological polar surface area (TPSA) is 85.6 Å². The third-order valence-corrected chi connectivity index (χ3v) is 5.49. The molecular weight excluding hydrogens is 390 g/mol. The van der Waals surface area contributed by atoms with Crippen LogP contribution in [0, 0.1) is 20.8 Å². The Morgan fingerprint density at radius 3 is 2.55 bits per heavy atom. The van der Waals surface area contributed by atoms with Crippen LogP contribution < -0.4 is 5.56 Å². The quantitative estimate of drug-likeness (QED) is 0.455. The minimum Gasteiger partial charge on any atom is -0.358 e. The monoisotopic (exact) mass is 411 g/mol. The van der Waals surface area contributed by atoms with Gasteiger partial charge >= 0.3 is 0 Å². The third kappa shape index (κ3) is 3.15. The molecule has 7 nitrogen and oxygen atoms in total. The molecule has 0 aliphatic carbocycles. The SMILES string of the molecule is Cc1cc(C)cc(-n2ncc3c(=O)n(CC(=O)c4c(C)[nH]c5ccccc45)cnc32)c1. The summed E-state index contributed by atoms with van der Waals surface area (Å²) in [6, 6.07) is 13.7. The fourth-order valence-electron chi connectivity index (χ4n) is 4.19. The van der Waals surface area contributed by atoms with Crippen molar-refractivity contribution in [1.29, 1.82) is 0 Å². The highest BCUT2D eigenvalue weighted by Crippen LogP contribution is 2.23. The van der Waals surface area contributed by atoms with Gasteiger partial charge < -0.3 is 4.98 Å². The number of hydrogen-bond acceptors (Lipinski definition) is 4. The number of carbonyl (C=O) groups excluding carboxylic acids is 1. The average Bonchev–Trinajstić information content (AvgIpc) is 3.30. The van der Waals surface area contributed by atoms with Crippen LogP contribution in [0.2, 0.25) is 0 Å². The Bertz CT molecular complexity index is 1520. The van der Waals surface area contributed by atoms with Crippen LogP contribution in [0.5, 0.6) is 0 Å². The number of benzene rings is 2. The maximum Gasteiger partial charge on any atom is 0.264 e. The number of nitrogens with zero attached hydrogens (tertiary/aromatic N) is 4. The van der Waals surface area contributed by atoms with Gasteiger partial charge in [0.05, 0.1) is 18.4 Å². The predicted molar refractivity (Wildman–Crippen MR) is 120 cm³/mol. The number of aromatic amines is 1. The standard InChI is InChI=1S/C24H21N5O2/c1-14-8-15(2)10-17(9-14)29-23-19(11-26-29)24(31)28(13-25-23)12-21(30)22-16(3)27-20-7-5-4-6-18(20)22/h4-11,13,27H,12H2,1-3H3. The molecule has 0 atom stereocenters. The molecule has 0 aliphatic rings. The molecule has 0 unspecified atom stereocenters. The molecule has 5 aromatic rings. The summed E-state index contributed by atoms with van der Waals surface area (Å²) in [6.07, 6.45) is 2.94. The van der Waals surface area contributed by atoms with Gasteiger partial charge in [0.1, 0.15) is 11.7 Å². The van der Waals surface area contributed by atoms with Crippen molar-refractivity contribution in [3.05, 3.63) is 87.7 Å². The Morgan fingerprint density at radius 1 is 1.03 bits per heavy atom. The second-order valence-electron chi connectivity index (χ2n) is 7.91. The third-order valence-electron chi connectivity index (χ3n) is 5.49. The van der Waals surface area contributed by atoms with E-state index in [1.807, 2.05) is 57.2 Å². The molecule has 0 aliphatic heterocycles. The van der Waals surface area contributed by atoms with E-state index in [0.29, 0.717) is 16.6 Å². The second kappa shape index (κ2) is 7.05. The van der Waals surface area contributed by atoms with Crippen LogP contribution in [0.1, 0.15) is 27.2 Å². The average molecular weight is 411 g/mol. The van der Waals surface area contributed by atoms with Crippen LogP contribution in [-0.2, 0) is 6.54 Å². The van der Waals surface area contributed by atoms with E-state index < -0.39 is 0 Å². The minimum atomic E-state index is -0.286. The summed E-state index contributed by atoms with van der Waals surface area (Å²) in [5.74, 6) is -0.139. The fraction of sp³-hybridized carbons (Fsp3) is 0.167. The van der Waals surface area contributed by atoms with Gasteiger partial charge in [0, 0.05) is 22.2 Å². The zero-order chi connectivity index (χ0) is 21.7. The highest BCUT2D eigenvalue weighted by Gasteiger charge is 2.18. The van der Waals surface area contributed by atoms with Crippen LogP contribution in [0.25, 0.3) is 27.6 Å². The molecule has 0 radical (unpaired) electrons. The van der Waals surface area contributed by atoms with Gasteiger partial charge in [-0.05, 0) is 50.1 Å². The van der Waals surface area contributed by atoms with E-state index >= 15 is 0 Å². The van der Waals surface area contributed by atoms with Gasteiger partial charge in [0.15, 0.2) is 11.4 Å². The number of hydrogen-bond donors (Lipinski definition) is 1. The van der Waals surface area contributed by atoms with Gasteiger partial charge in [-0.25, -0.2) is 9.67 Å². The smallest absolute Gasteiger partial charge is 0.264 e. The van der Waals surface area contributed by atoms with Crippen molar-refractivity contribution in [3.8, 4) is 5.69 Å². The predicted octanol–water partition coefficient (Wildman–Crippen LogP) is 3.87. The van der Waals surface area contributed by atoms with E-state index in [2.05, 4.69) is 21.1 Å². The van der Waals surface area contributed by atoms with Gasteiger partial charge in [-0.2, -0.15) is 5.10 Å². The molecule has 31 heavy (non-hydrogen) atoms. The number of carbonyl (C=O) groups is 1. The summed E-state index contributed by atoms with van der Waals surface area (Å²) in [6.45, 7) is 5.81. The molecule has 0 amide bonds. The molecule has 5 rings (SSSR count). The molecule has 0 fully saturated rings. The van der Waals surface area contributed by atoms with E-state index in [9.17, 15) is 9.59 Å². The lowest BCUT2D eigenvalue weighted by Gasteiger charge is -2.08. The summed E-state index contributed by atoms with van der Waals surface area (Å²) >= 11 is 0. The van der Waals surface area contributed by atoms with Crippen LogP contribution in [0.15, 0.2) is 59.8 Å². The number of fused-ring (bicyclic) bond motifs is 2. The summed E-state index contributed by atoms with van der Waals surface area (Å²) in [4.78, 5) is 33.8. The van der Waals surface area contributed by atoms with Crippen LogP contribution in [-0.4, -0.2) is 30.1 Å². The van der Waals surface area contributed by atoms with Crippen molar-refractivity contribution >= 4 is 27.7 Å². The zero-order valence-electron chi connectivity index (χ0n) is 17.5. The largest absolute Gasteiger partial charge is 0.358 e. The van der Waals surface area contributed by atoms with Crippen molar-refractivity contribution in [2.24, 2.45) is 0 Å². The fourth-order valence-corrected chi connectivity index (χ4v) is 4.19. The van der Waals surface area contributed by atoms with Gasteiger partial charge in [-0.1, -0.05) is 24.3 Å². The number of rotatable bonds is 4.